The van der Waals surface area contributed by atoms with Crippen molar-refractivity contribution in [2.45, 2.75) is 13.0 Å². The van der Waals surface area contributed by atoms with Crippen LogP contribution in [0.5, 0.6) is 11.5 Å². The lowest BCUT2D eigenvalue weighted by molar-refractivity contribution is 0.354. The van der Waals surface area contributed by atoms with Gasteiger partial charge in [0, 0.05) is 25.2 Å². The van der Waals surface area contributed by atoms with E-state index in [1.807, 2.05) is 42.5 Å². The fourth-order valence-electron chi connectivity index (χ4n) is 2.37. The summed E-state index contributed by atoms with van der Waals surface area (Å²) >= 11 is 5.90. The van der Waals surface area contributed by atoms with Crippen molar-refractivity contribution in [2.24, 2.45) is 4.99 Å². The minimum Gasteiger partial charge on any atom is -0.493 e. The van der Waals surface area contributed by atoms with Crippen molar-refractivity contribution >= 4 is 41.5 Å². The van der Waals surface area contributed by atoms with E-state index in [1.54, 1.807) is 21.3 Å². The number of aliphatic imine (C=N–C) groups is 1. The third-order valence-corrected chi connectivity index (χ3v) is 4.00. The van der Waals surface area contributed by atoms with Gasteiger partial charge in [-0.05, 0) is 41.8 Å². The molecular weight excluding hydrogens is 465 g/mol. The number of ether oxygens (including phenoxy) is 2. The van der Waals surface area contributed by atoms with Crippen LogP contribution in [0.3, 0.4) is 0 Å². The summed E-state index contributed by atoms with van der Waals surface area (Å²) in [4.78, 5) is 4.24. The molecule has 0 aliphatic heterocycles. The lowest BCUT2D eigenvalue weighted by Gasteiger charge is -2.13. The molecule has 0 bridgehead atoms. The monoisotopic (exact) mass is 489 g/mol. The normalized spacial score (nSPS) is 10.7. The zero-order chi connectivity index (χ0) is 18.1. The van der Waals surface area contributed by atoms with Gasteiger partial charge in [0.1, 0.15) is 0 Å². The molecule has 2 N–H and O–H groups in total. The maximum atomic E-state index is 5.90. The Hall–Kier alpha value is -1.67. The molecule has 142 valence electrons. The molecular formula is C19H25ClIN3O2. The summed E-state index contributed by atoms with van der Waals surface area (Å²) in [5.74, 6) is 2.24. The summed E-state index contributed by atoms with van der Waals surface area (Å²) in [6, 6.07) is 13.7. The first-order valence-corrected chi connectivity index (χ1v) is 8.44. The number of nitrogens with zero attached hydrogens (tertiary/aromatic N) is 1. The van der Waals surface area contributed by atoms with Crippen LogP contribution in [0, 0.1) is 0 Å². The van der Waals surface area contributed by atoms with Crippen molar-refractivity contribution in [1.29, 1.82) is 0 Å². The molecule has 0 fully saturated rings. The van der Waals surface area contributed by atoms with E-state index in [0.29, 0.717) is 6.54 Å². The molecule has 0 heterocycles. The van der Waals surface area contributed by atoms with Crippen molar-refractivity contribution in [3.8, 4) is 11.5 Å². The van der Waals surface area contributed by atoms with Gasteiger partial charge in [-0.15, -0.1) is 24.0 Å². The smallest absolute Gasteiger partial charge is 0.191 e. The van der Waals surface area contributed by atoms with E-state index in [0.717, 1.165) is 41.0 Å². The van der Waals surface area contributed by atoms with Gasteiger partial charge in [0.25, 0.3) is 0 Å². The number of halogens is 2. The molecule has 0 aliphatic rings. The van der Waals surface area contributed by atoms with E-state index in [9.17, 15) is 0 Å². The van der Waals surface area contributed by atoms with Gasteiger partial charge in [-0.1, -0.05) is 29.8 Å². The topological polar surface area (TPSA) is 54.9 Å². The number of guanidine groups is 1. The van der Waals surface area contributed by atoms with Crippen LogP contribution in [0.2, 0.25) is 5.02 Å². The average molecular weight is 490 g/mol. The highest BCUT2D eigenvalue weighted by Gasteiger charge is 2.05. The summed E-state index contributed by atoms with van der Waals surface area (Å²) in [5, 5.41) is 7.33. The van der Waals surface area contributed by atoms with Gasteiger partial charge in [-0.2, -0.15) is 0 Å². The molecule has 7 heteroatoms. The average Bonchev–Trinajstić information content (AvgIpc) is 2.65. The van der Waals surface area contributed by atoms with Crippen LogP contribution >= 0.6 is 35.6 Å². The van der Waals surface area contributed by atoms with Crippen molar-refractivity contribution < 1.29 is 9.47 Å². The van der Waals surface area contributed by atoms with Crippen LogP contribution in [0.1, 0.15) is 11.1 Å². The van der Waals surface area contributed by atoms with Crippen LogP contribution in [-0.4, -0.2) is 33.8 Å². The van der Waals surface area contributed by atoms with E-state index in [4.69, 9.17) is 21.1 Å². The molecule has 0 saturated carbocycles. The lowest BCUT2D eigenvalue weighted by atomic mass is 10.1. The number of hydrogen-bond acceptors (Lipinski definition) is 3. The van der Waals surface area contributed by atoms with Gasteiger partial charge in [-0.25, -0.2) is 0 Å². The SMILES string of the molecule is CN=C(NCCc1ccc(OC)c(OC)c1)NCc1ccc(Cl)cc1.I. The number of hydrogen-bond donors (Lipinski definition) is 2. The Bertz CT molecular complexity index is 708. The zero-order valence-electron chi connectivity index (χ0n) is 15.2. The Morgan fingerprint density at radius 1 is 0.962 bits per heavy atom. The standard InChI is InChI=1S/C19H24ClN3O2.HI/c1-21-19(23-13-15-4-7-16(20)8-5-15)22-11-10-14-6-9-17(24-2)18(12-14)25-3;/h4-9,12H,10-11,13H2,1-3H3,(H2,21,22,23);1H. The van der Waals surface area contributed by atoms with Gasteiger partial charge in [0.2, 0.25) is 0 Å². The Labute approximate surface area is 177 Å². The minimum atomic E-state index is 0. The number of nitrogens with one attached hydrogen (secondary N) is 2. The lowest BCUT2D eigenvalue weighted by Crippen LogP contribution is -2.37. The Kier molecular flexibility index (Phi) is 10.2. The van der Waals surface area contributed by atoms with Crippen molar-refractivity contribution in [3.63, 3.8) is 0 Å². The maximum absolute atomic E-state index is 5.90. The van der Waals surface area contributed by atoms with Crippen molar-refractivity contribution in [2.75, 3.05) is 27.8 Å². The Balaban J connectivity index is 0.00000338. The first kappa shape index (κ1) is 22.4. The second kappa shape index (κ2) is 11.9. The van der Waals surface area contributed by atoms with E-state index in [-0.39, 0.29) is 24.0 Å². The second-order valence-electron chi connectivity index (χ2n) is 5.42. The molecule has 2 rings (SSSR count). The molecule has 0 amide bonds. The largest absolute Gasteiger partial charge is 0.493 e. The van der Waals surface area contributed by atoms with Crippen LogP contribution < -0.4 is 20.1 Å². The third-order valence-electron chi connectivity index (χ3n) is 3.75. The third kappa shape index (κ3) is 6.92. The summed E-state index contributed by atoms with van der Waals surface area (Å²) in [6.07, 6.45) is 0.849. The van der Waals surface area contributed by atoms with E-state index in [2.05, 4.69) is 15.6 Å². The molecule has 0 unspecified atom stereocenters. The zero-order valence-corrected chi connectivity index (χ0v) is 18.3. The minimum absolute atomic E-state index is 0. The maximum Gasteiger partial charge on any atom is 0.191 e. The summed E-state index contributed by atoms with van der Waals surface area (Å²) in [7, 11) is 5.03. The second-order valence-corrected chi connectivity index (χ2v) is 5.85. The molecule has 2 aromatic carbocycles. The fourth-order valence-corrected chi connectivity index (χ4v) is 2.50. The quantitative estimate of drug-likeness (QED) is 0.352. The van der Waals surface area contributed by atoms with E-state index in [1.165, 1.54) is 5.56 Å². The molecule has 0 saturated heterocycles. The molecule has 2 aromatic rings. The van der Waals surface area contributed by atoms with Crippen molar-refractivity contribution in [3.05, 3.63) is 58.6 Å². The molecule has 0 aromatic heterocycles. The van der Waals surface area contributed by atoms with Gasteiger partial charge in [0.05, 0.1) is 14.2 Å². The fraction of sp³-hybridized carbons (Fsp3) is 0.316. The molecule has 26 heavy (non-hydrogen) atoms. The number of methoxy groups -OCH3 is 2. The van der Waals surface area contributed by atoms with Gasteiger partial charge < -0.3 is 20.1 Å². The predicted octanol–water partition coefficient (Wildman–Crippen LogP) is 3.88. The Morgan fingerprint density at radius 3 is 2.23 bits per heavy atom. The first-order chi connectivity index (χ1) is 12.2. The van der Waals surface area contributed by atoms with E-state index >= 15 is 0 Å². The summed E-state index contributed by atoms with van der Waals surface area (Å²) in [5.41, 5.74) is 2.31. The predicted molar refractivity (Wildman–Crippen MR) is 118 cm³/mol. The number of benzene rings is 2. The van der Waals surface area contributed by atoms with Gasteiger partial charge in [-0.3, -0.25) is 4.99 Å². The summed E-state index contributed by atoms with van der Waals surface area (Å²) in [6.45, 7) is 1.45. The molecule has 0 spiro atoms. The molecule has 0 aliphatic carbocycles. The first-order valence-electron chi connectivity index (χ1n) is 8.06. The molecule has 0 radical (unpaired) electrons. The molecule has 0 atom stereocenters. The van der Waals surface area contributed by atoms with Crippen molar-refractivity contribution in [1.82, 2.24) is 10.6 Å². The number of rotatable bonds is 7. The Morgan fingerprint density at radius 2 is 1.62 bits per heavy atom. The van der Waals surface area contributed by atoms with Crippen LogP contribution in [0.15, 0.2) is 47.5 Å². The van der Waals surface area contributed by atoms with E-state index < -0.39 is 0 Å². The highest BCUT2D eigenvalue weighted by molar-refractivity contribution is 14.0. The van der Waals surface area contributed by atoms with Gasteiger partial charge in [0.15, 0.2) is 17.5 Å². The van der Waals surface area contributed by atoms with Gasteiger partial charge >= 0.3 is 0 Å². The van der Waals surface area contributed by atoms with Crippen LogP contribution in [0.4, 0.5) is 0 Å². The highest BCUT2D eigenvalue weighted by atomic mass is 127. The van der Waals surface area contributed by atoms with Crippen LogP contribution in [-0.2, 0) is 13.0 Å². The highest BCUT2D eigenvalue weighted by Crippen LogP contribution is 2.27. The molecule has 5 nitrogen and oxygen atoms in total. The van der Waals surface area contributed by atoms with Crippen LogP contribution in [0.25, 0.3) is 0 Å². The summed E-state index contributed by atoms with van der Waals surface area (Å²) < 4.78 is 10.6.